The number of halogens is 2. The number of aliphatic carboxylic acids is 2. The Labute approximate surface area is 102 Å². The van der Waals surface area contributed by atoms with Crippen molar-refractivity contribution in [3.05, 3.63) is 0 Å². The summed E-state index contributed by atoms with van der Waals surface area (Å²) in [6.45, 7) is 0. The topological polar surface area (TPSA) is 83.8 Å². The van der Waals surface area contributed by atoms with Crippen molar-refractivity contribution in [3.8, 4) is 0 Å². The van der Waals surface area contributed by atoms with Crippen LogP contribution in [0.25, 0.3) is 0 Å². The largest absolute Gasteiger partial charge is 0.481 e. The molecule has 0 aliphatic carbocycles. The zero-order valence-corrected chi connectivity index (χ0v) is 10.5. The second kappa shape index (κ2) is 3.71. The van der Waals surface area contributed by atoms with E-state index in [0.29, 0.717) is 0 Å². The van der Waals surface area contributed by atoms with Crippen LogP contribution in [0.5, 0.6) is 0 Å². The molecule has 2 bridgehead atoms. The molecule has 5 nitrogen and oxygen atoms in total. The normalized spacial score (nSPS) is 48.1. The van der Waals surface area contributed by atoms with Crippen LogP contribution in [0.4, 0.5) is 0 Å². The highest BCUT2D eigenvalue weighted by atomic mass is 79.9. The molecule has 2 N–H and O–H groups in total. The standard InChI is InChI=1S/C8H8Br2O5/c9-3-4(10)6-2(8(13)14)1(7(11)12)5(3)15-6/h1-6H,(H,11,12)(H,13,14)/t1-,2+,3-,4-,5-,6+/m1/s1. The quantitative estimate of drug-likeness (QED) is 0.721. The van der Waals surface area contributed by atoms with Gasteiger partial charge in [-0.05, 0) is 0 Å². The minimum atomic E-state index is -1.11. The zero-order chi connectivity index (χ0) is 11.3. The van der Waals surface area contributed by atoms with Crippen molar-refractivity contribution in [3.63, 3.8) is 0 Å². The fourth-order valence-corrected chi connectivity index (χ4v) is 3.76. The molecule has 7 heteroatoms. The Bertz CT molecular complexity index is 290. The van der Waals surface area contributed by atoms with Crippen LogP contribution in [0.15, 0.2) is 0 Å². The monoisotopic (exact) mass is 342 g/mol. The van der Waals surface area contributed by atoms with Crippen molar-refractivity contribution in [2.24, 2.45) is 11.8 Å². The van der Waals surface area contributed by atoms with Crippen molar-refractivity contribution < 1.29 is 24.5 Å². The highest BCUT2D eigenvalue weighted by Gasteiger charge is 2.63. The molecule has 0 aromatic rings. The molecule has 0 saturated carbocycles. The van der Waals surface area contributed by atoms with Gasteiger partial charge in [0, 0.05) is 0 Å². The van der Waals surface area contributed by atoms with Crippen LogP contribution >= 0.6 is 31.9 Å². The average Bonchev–Trinajstić information content (AvgIpc) is 2.64. The summed E-state index contributed by atoms with van der Waals surface area (Å²) in [6, 6.07) is 0. The van der Waals surface area contributed by atoms with Gasteiger partial charge in [-0.25, -0.2) is 0 Å². The molecule has 2 heterocycles. The summed E-state index contributed by atoms with van der Waals surface area (Å²) in [7, 11) is 0. The number of alkyl halides is 2. The van der Waals surface area contributed by atoms with Crippen LogP contribution in [0, 0.1) is 11.8 Å². The van der Waals surface area contributed by atoms with Crippen LogP contribution in [-0.4, -0.2) is 44.0 Å². The lowest BCUT2D eigenvalue weighted by Crippen LogP contribution is -2.47. The Morgan fingerprint density at radius 2 is 1.27 bits per heavy atom. The highest BCUT2D eigenvalue weighted by molar-refractivity contribution is 9.12. The first-order valence-electron chi connectivity index (χ1n) is 4.34. The van der Waals surface area contributed by atoms with E-state index in [9.17, 15) is 9.59 Å². The van der Waals surface area contributed by atoms with Crippen LogP contribution in [0.3, 0.4) is 0 Å². The van der Waals surface area contributed by atoms with E-state index in [2.05, 4.69) is 31.9 Å². The maximum atomic E-state index is 11.0. The molecule has 2 fully saturated rings. The summed E-state index contributed by atoms with van der Waals surface area (Å²) < 4.78 is 5.39. The van der Waals surface area contributed by atoms with E-state index in [1.165, 1.54) is 0 Å². The van der Waals surface area contributed by atoms with Crippen LogP contribution in [-0.2, 0) is 14.3 Å². The van der Waals surface area contributed by atoms with Gasteiger partial charge < -0.3 is 14.9 Å². The number of carboxylic acid groups (broad SMARTS) is 2. The predicted molar refractivity (Wildman–Crippen MR) is 56.3 cm³/mol. The fourth-order valence-electron chi connectivity index (χ4n) is 2.26. The second-order valence-corrected chi connectivity index (χ2v) is 5.80. The minimum Gasteiger partial charge on any atom is -0.481 e. The molecule has 0 radical (unpaired) electrons. The van der Waals surface area contributed by atoms with E-state index in [0.717, 1.165) is 0 Å². The summed E-state index contributed by atoms with van der Waals surface area (Å²) in [4.78, 5) is 21.7. The summed E-state index contributed by atoms with van der Waals surface area (Å²) in [5.41, 5.74) is 0. The maximum Gasteiger partial charge on any atom is 0.310 e. The Morgan fingerprint density at radius 1 is 0.933 bits per heavy atom. The summed E-state index contributed by atoms with van der Waals surface area (Å²) >= 11 is 6.64. The fraction of sp³-hybridized carbons (Fsp3) is 0.750. The Kier molecular flexibility index (Phi) is 2.81. The molecule has 2 aliphatic heterocycles. The van der Waals surface area contributed by atoms with Crippen molar-refractivity contribution in [2.45, 2.75) is 21.9 Å². The molecule has 0 aromatic heterocycles. The Balaban J connectivity index is 2.32. The molecule has 2 aliphatic rings. The Hall–Kier alpha value is -0.140. The number of hydrogen-bond donors (Lipinski definition) is 2. The summed E-state index contributed by atoms with van der Waals surface area (Å²) in [5.74, 6) is -4.16. The number of rotatable bonds is 2. The van der Waals surface area contributed by atoms with Gasteiger partial charge in [0.25, 0.3) is 0 Å². The van der Waals surface area contributed by atoms with Crippen molar-refractivity contribution >= 4 is 43.8 Å². The molecular formula is C8H8Br2O5. The van der Waals surface area contributed by atoms with E-state index in [-0.39, 0.29) is 9.65 Å². The first kappa shape index (κ1) is 11.3. The number of ether oxygens (including phenoxy) is 1. The Morgan fingerprint density at radius 3 is 1.53 bits per heavy atom. The van der Waals surface area contributed by atoms with Gasteiger partial charge in [-0.3, -0.25) is 9.59 Å². The van der Waals surface area contributed by atoms with Gasteiger partial charge in [-0.1, -0.05) is 31.9 Å². The lowest BCUT2D eigenvalue weighted by atomic mass is 9.79. The third kappa shape index (κ3) is 1.52. The lowest BCUT2D eigenvalue weighted by molar-refractivity contribution is -0.153. The molecular weight excluding hydrogens is 336 g/mol. The van der Waals surface area contributed by atoms with E-state index in [1.54, 1.807) is 0 Å². The van der Waals surface area contributed by atoms with Gasteiger partial charge in [0.05, 0.1) is 33.7 Å². The molecule has 2 rings (SSSR count). The SMILES string of the molecule is O=C(O)[C@@H]1[C@@H]2O[C@@H]([C@H](Br)[C@H]2Br)[C@@H]1C(=O)O. The zero-order valence-electron chi connectivity index (χ0n) is 7.34. The predicted octanol–water partition coefficient (Wildman–Crippen LogP) is 0.696. The molecule has 15 heavy (non-hydrogen) atoms. The third-order valence-electron chi connectivity index (χ3n) is 2.91. The van der Waals surface area contributed by atoms with Crippen LogP contribution in [0.1, 0.15) is 0 Å². The summed E-state index contributed by atoms with van der Waals surface area (Å²) in [5, 5.41) is 18.0. The van der Waals surface area contributed by atoms with E-state index < -0.39 is 36.0 Å². The van der Waals surface area contributed by atoms with Gasteiger partial charge in [0.15, 0.2) is 0 Å². The van der Waals surface area contributed by atoms with Gasteiger partial charge >= 0.3 is 11.9 Å². The number of carboxylic acids is 2. The lowest BCUT2D eigenvalue weighted by Gasteiger charge is -2.28. The van der Waals surface area contributed by atoms with Gasteiger partial charge in [-0.2, -0.15) is 0 Å². The van der Waals surface area contributed by atoms with Gasteiger partial charge in [0.2, 0.25) is 0 Å². The number of fused-ring (bicyclic) bond motifs is 2. The first-order chi connectivity index (χ1) is 6.95. The first-order valence-corrected chi connectivity index (χ1v) is 6.17. The molecule has 0 aromatic carbocycles. The van der Waals surface area contributed by atoms with Gasteiger partial charge in [-0.15, -0.1) is 0 Å². The molecule has 0 unspecified atom stereocenters. The summed E-state index contributed by atoms with van der Waals surface area (Å²) in [6.07, 6.45) is -1.14. The molecule has 0 amide bonds. The molecule has 2 saturated heterocycles. The second-order valence-electron chi connectivity index (χ2n) is 3.68. The molecule has 84 valence electrons. The average molecular weight is 344 g/mol. The third-order valence-corrected chi connectivity index (χ3v) is 5.80. The van der Waals surface area contributed by atoms with Crippen molar-refractivity contribution in [1.29, 1.82) is 0 Å². The molecule has 0 spiro atoms. The van der Waals surface area contributed by atoms with E-state index >= 15 is 0 Å². The minimum absolute atomic E-state index is 0.154. The van der Waals surface area contributed by atoms with E-state index in [1.807, 2.05) is 0 Å². The van der Waals surface area contributed by atoms with Gasteiger partial charge in [0.1, 0.15) is 0 Å². The van der Waals surface area contributed by atoms with E-state index in [4.69, 9.17) is 14.9 Å². The number of hydrogen-bond acceptors (Lipinski definition) is 3. The number of carbonyl (C=O) groups is 2. The van der Waals surface area contributed by atoms with Crippen molar-refractivity contribution in [2.75, 3.05) is 0 Å². The van der Waals surface area contributed by atoms with Crippen LogP contribution < -0.4 is 0 Å². The highest BCUT2D eigenvalue weighted by Crippen LogP contribution is 2.49. The maximum absolute atomic E-state index is 11.0. The smallest absolute Gasteiger partial charge is 0.310 e. The van der Waals surface area contributed by atoms with Crippen LogP contribution in [0.2, 0.25) is 0 Å². The molecule has 6 atom stereocenters. The van der Waals surface area contributed by atoms with Crippen molar-refractivity contribution in [1.82, 2.24) is 0 Å².